The van der Waals surface area contributed by atoms with E-state index in [1.54, 1.807) is 63.7 Å². The Bertz CT molecular complexity index is 5040. The number of hydrogen-bond donors (Lipinski definition) is 2. The van der Waals surface area contributed by atoms with Gasteiger partial charge in [-0.3, -0.25) is 4.90 Å². The molecule has 0 radical (unpaired) electrons. The Morgan fingerprint density at radius 3 is 1.43 bits per heavy atom. The summed E-state index contributed by atoms with van der Waals surface area (Å²) in [5.74, 6) is 0.866. The fourth-order valence-corrected chi connectivity index (χ4v) is 15.8. The number of rotatable bonds is 42. The fourth-order valence-electron chi connectivity index (χ4n) is 12.9. The molecule has 1 fully saturated rings. The van der Waals surface area contributed by atoms with Gasteiger partial charge in [-0.2, -0.15) is 24.4 Å². The molecule has 0 aromatic heterocycles. The van der Waals surface area contributed by atoms with Crippen molar-refractivity contribution in [2.24, 2.45) is 41.5 Å². The van der Waals surface area contributed by atoms with Crippen molar-refractivity contribution in [2.75, 3.05) is 114 Å². The molecule has 0 saturated carbocycles. The van der Waals surface area contributed by atoms with E-state index in [0.717, 1.165) is 142 Å². The van der Waals surface area contributed by atoms with Crippen LogP contribution in [0.4, 0.5) is 4.39 Å². The lowest BCUT2D eigenvalue weighted by Crippen LogP contribution is -2.38. The van der Waals surface area contributed by atoms with Crippen molar-refractivity contribution in [1.82, 2.24) is 9.80 Å². The number of nitrogens with zero attached hydrogens (tertiary/aromatic N) is 9. The number of thioether (sulfide) groups is 3. The lowest BCUT2D eigenvalue weighted by Gasteiger charge is -2.26. The van der Waals surface area contributed by atoms with Crippen LogP contribution >= 0.6 is 47.9 Å². The quantitative estimate of drug-likeness (QED) is 0.00911. The number of thiol groups is 1. The minimum absolute atomic E-state index is 0.0313. The molecule has 738 valence electrons. The Labute approximate surface area is 835 Å². The molecule has 25 heteroatoms. The average Bonchev–Trinajstić information content (AvgIpc) is 0.843. The highest BCUT2D eigenvalue weighted by Gasteiger charge is 2.30. The van der Waals surface area contributed by atoms with Gasteiger partial charge in [-0.15, -0.1) is 23.5 Å². The Morgan fingerprint density at radius 2 is 0.971 bits per heavy atom. The van der Waals surface area contributed by atoms with Crippen molar-refractivity contribution < 1.29 is 57.6 Å². The molecule has 1 heterocycles. The Balaban J connectivity index is 0.000000285. The van der Waals surface area contributed by atoms with Crippen LogP contribution in [-0.2, 0) is 67.7 Å². The minimum atomic E-state index is -1.00. The molecule has 137 heavy (non-hydrogen) atoms. The molecule has 1 N–H and O–H groups in total. The van der Waals surface area contributed by atoms with Gasteiger partial charge >= 0.3 is 0 Å². The summed E-state index contributed by atoms with van der Waals surface area (Å²) >= 11 is 9.89. The predicted molar refractivity (Wildman–Crippen MR) is 577 cm³/mol. The number of benzene rings is 10. The number of oxime groups is 7. The fraction of sp³-hybridized carbons (Fsp3) is 0.384. The van der Waals surface area contributed by atoms with Crippen LogP contribution in [0.2, 0.25) is 0 Å². The maximum absolute atomic E-state index is 13.1. The number of aliphatic hydroxyl groups is 1. The first-order valence-electron chi connectivity index (χ1n) is 46.2. The van der Waals surface area contributed by atoms with Gasteiger partial charge in [0.25, 0.3) is 0 Å². The first-order valence-corrected chi connectivity index (χ1v) is 49.8. The van der Waals surface area contributed by atoms with Crippen LogP contribution in [0.5, 0.6) is 0 Å². The smallest absolute Gasteiger partial charge is 0.142 e. The third kappa shape index (κ3) is 48.5. The van der Waals surface area contributed by atoms with Crippen molar-refractivity contribution >= 4 is 87.9 Å². The SMILES string of the molecule is C/C=C/CON=C(COCCN1CCOCC1)c1ccccc1.CC(=NOCc1ccccc1)C(Cc1ccccc1)SCCCN(C)C.CCC(OC)C(=NOC(C)C)c1ccccc1.CON=C(c1ccc(F)cc1)C(C)(C)Sc1ccccc1.CON=C(c1ccccc1)C(C)(C)O.CON=C(c1ccccc1)C(C)(C)S.CSc1ccc(C(=NOCc2ccccc2)C(C)(C)C)cc1. The molecule has 1 aliphatic heterocycles. The first-order chi connectivity index (χ1) is 65.9. The van der Waals surface area contributed by atoms with Crippen LogP contribution < -0.4 is 0 Å². The zero-order valence-electron chi connectivity index (χ0n) is 84.3. The second-order valence-corrected chi connectivity index (χ2v) is 39.4. The van der Waals surface area contributed by atoms with Crippen molar-refractivity contribution in [3.63, 3.8) is 0 Å². The van der Waals surface area contributed by atoms with E-state index in [1.807, 2.05) is 247 Å². The van der Waals surface area contributed by atoms with Crippen LogP contribution in [-0.4, -0.2) is 201 Å². The zero-order chi connectivity index (χ0) is 100.0. The highest BCUT2D eigenvalue weighted by molar-refractivity contribution is 8.01. The van der Waals surface area contributed by atoms with Gasteiger partial charge in [0.1, 0.15) is 93.3 Å². The van der Waals surface area contributed by atoms with E-state index in [0.29, 0.717) is 44.0 Å². The Hall–Kier alpha value is -10.7. The molecule has 2 atom stereocenters. The molecule has 0 spiro atoms. The topological polar surface area (TPSA) is 206 Å². The van der Waals surface area contributed by atoms with E-state index >= 15 is 0 Å². The average molecular weight is 1940 g/mol. The third-order valence-corrected chi connectivity index (χ3v) is 23.6. The lowest BCUT2D eigenvalue weighted by molar-refractivity contribution is 0.0240. The highest BCUT2D eigenvalue weighted by atomic mass is 32.2. The molecule has 0 amide bonds. The first kappa shape index (κ1) is 117. The number of allylic oxidation sites excluding steroid dienone is 1. The van der Waals surface area contributed by atoms with Crippen LogP contribution in [0.25, 0.3) is 0 Å². The summed E-state index contributed by atoms with van der Waals surface area (Å²) in [6, 6.07) is 95.2. The number of morpholine rings is 1. The second kappa shape index (κ2) is 66.8. The van der Waals surface area contributed by atoms with Crippen molar-refractivity contribution in [2.45, 2.75) is 172 Å². The molecular formula is C112H148FN9O11S4. The zero-order valence-corrected chi connectivity index (χ0v) is 87.7. The predicted octanol–water partition coefficient (Wildman–Crippen LogP) is 25.1. The molecule has 1 aliphatic rings. The standard InChI is InChI=1S/C22H30N2OS.C19H23NOS.C18H26N2O3.C17H18FNOS.C14H21NO2.C11H15NO2.C11H15NOS/c1-19(23-25-18-21-13-8-5-9-14-21)22(26-16-10-15-24(2)3)17-20-11-6-4-7-12-20;1-19(2,3)18(16-10-12-17(22-4)13-11-16)20-21-14-15-8-6-5-7-9-15;1-2-3-12-23-19-18(17-7-5-4-6-8-17)16-22-15-11-20-9-13-21-14-10-20;1-17(2,21-15-7-5-4-6-8-15)16(19-20-3)13-9-11-14(18)12-10-13;1-5-13(16-4)14(15-17-11(2)3)12-9-7-6-8-10-12;1-11(2,13)10(12-14-3)9-7-5-4-6-8-9;1-11(2,14)10(12-13-3)9-7-5-4-6-8-9/h4-9,11-14,22H,10,15-18H2,1-3H3;5-13H,14H2,1-4H3;2-8H,9-16H2,1H3;4-12H,1-3H3;6-11,13H,5H2,1-4H3;4-8,13H,1-3H3;4-8,14H,1-3H3/b;;3-2+,19-18?;;;;. The van der Waals surface area contributed by atoms with Crippen LogP contribution in [0, 0.1) is 11.2 Å². The van der Waals surface area contributed by atoms with Gasteiger partial charge in [0.05, 0.1) is 52.6 Å². The molecule has 10 aromatic carbocycles. The van der Waals surface area contributed by atoms with Crippen molar-refractivity contribution in [1.29, 1.82) is 0 Å². The summed E-state index contributed by atoms with van der Waals surface area (Å²) in [6.07, 6.45) is 9.02. The molecule has 10 aromatic rings. The molecule has 2 unspecified atom stereocenters. The van der Waals surface area contributed by atoms with E-state index in [1.165, 1.54) is 43.2 Å². The van der Waals surface area contributed by atoms with Crippen LogP contribution in [0.3, 0.4) is 0 Å². The monoisotopic (exact) mass is 1940 g/mol. The molecular weight excluding hydrogens is 1790 g/mol. The highest BCUT2D eigenvalue weighted by Crippen LogP contribution is 2.36. The van der Waals surface area contributed by atoms with Gasteiger partial charge in [-0.25, -0.2) is 4.39 Å². The second-order valence-electron chi connectivity index (χ2n) is 34.4. The maximum atomic E-state index is 13.1. The van der Waals surface area contributed by atoms with Crippen molar-refractivity contribution in [3.8, 4) is 0 Å². The van der Waals surface area contributed by atoms with Gasteiger partial charge in [0, 0.05) is 69.8 Å². The summed E-state index contributed by atoms with van der Waals surface area (Å²) in [4.78, 5) is 43.4. The molecule has 20 nitrogen and oxygen atoms in total. The molecule has 1 saturated heterocycles. The van der Waals surface area contributed by atoms with Crippen molar-refractivity contribution in [3.05, 3.63) is 359 Å². The molecule has 11 rings (SSSR count). The van der Waals surface area contributed by atoms with E-state index in [-0.39, 0.29) is 32.9 Å². The normalized spacial score (nSPS) is 13.5. The van der Waals surface area contributed by atoms with Crippen LogP contribution in [0.1, 0.15) is 160 Å². The summed E-state index contributed by atoms with van der Waals surface area (Å²) in [5, 5.41) is 39.5. The number of halogens is 1. The molecule has 0 aliphatic carbocycles. The van der Waals surface area contributed by atoms with E-state index < -0.39 is 5.60 Å². The summed E-state index contributed by atoms with van der Waals surface area (Å²) in [7, 11) is 10.5. The third-order valence-electron chi connectivity index (χ3n) is 20.0. The number of hydrogen-bond acceptors (Lipinski definition) is 24. The van der Waals surface area contributed by atoms with E-state index in [2.05, 4.69) is 206 Å². The van der Waals surface area contributed by atoms with Gasteiger partial charge in [0.15, 0.2) is 0 Å². The minimum Gasteiger partial charge on any atom is -0.399 e. The van der Waals surface area contributed by atoms with Gasteiger partial charge in [-0.1, -0.05) is 325 Å². The Morgan fingerprint density at radius 1 is 0.526 bits per heavy atom. The van der Waals surface area contributed by atoms with Crippen LogP contribution in [0.15, 0.2) is 349 Å². The van der Waals surface area contributed by atoms with E-state index in [9.17, 15) is 9.50 Å². The maximum Gasteiger partial charge on any atom is 0.142 e. The number of ether oxygens (including phenoxy) is 3. The summed E-state index contributed by atoms with van der Waals surface area (Å²) in [5.41, 5.74) is 14.3. The lowest BCUT2D eigenvalue weighted by atomic mass is 9.86. The summed E-state index contributed by atoms with van der Waals surface area (Å²) < 4.78 is 29.1. The van der Waals surface area contributed by atoms with Gasteiger partial charge in [-0.05, 0) is 186 Å². The van der Waals surface area contributed by atoms with Gasteiger partial charge in [0.2, 0.25) is 0 Å². The Kier molecular flexibility index (Phi) is 56.9. The number of methoxy groups -OCH3 is 1. The van der Waals surface area contributed by atoms with Gasteiger partial charge < -0.3 is 58.1 Å². The van der Waals surface area contributed by atoms with E-state index in [4.69, 9.17) is 48.1 Å². The molecule has 0 bridgehead atoms. The largest absolute Gasteiger partial charge is 0.399 e. The summed E-state index contributed by atoms with van der Waals surface area (Å²) in [6.45, 7) is 36.2.